The number of hydrogen-bond acceptors (Lipinski definition) is 5. The molecule has 0 fully saturated rings. The number of nitrogens with one attached hydrogen (secondary N) is 1. The van der Waals surface area contributed by atoms with Gasteiger partial charge in [-0.05, 0) is 37.3 Å². The minimum absolute atomic E-state index is 0.0505. The Morgan fingerprint density at radius 2 is 2.17 bits per heavy atom. The Hall–Kier alpha value is -2.61. The fourth-order valence-electron chi connectivity index (χ4n) is 2.52. The summed E-state index contributed by atoms with van der Waals surface area (Å²) in [6.45, 7) is 3.67. The molecule has 1 aromatic carbocycles. The highest BCUT2D eigenvalue weighted by Gasteiger charge is 2.27. The molecule has 1 unspecified atom stereocenters. The predicted molar refractivity (Wildman–Crippen MR) is 89.6 cm³/mol. The molecule has 0 aliphatic carbocycles. The van der Waals surface area contributed by atoms with Crippen molar-refractivity contribution in [2.75, 3.05) is 16.2 Å². The Kier molecular flexibility index (Phi) is 4.15. The highest BCUT2D eigenvalue weighted by atomic mass is 32.2. The van der Waals surface area contributed by atoms with Gasteiger partial charge in [0, 0.05) is 13.1 Å². The Balaban J connectivity index is 1.98. The molecule has 1 aliphatic heterocycles. The van der Waals surface area contributed by atoms with Gasteiger partial charge in [0.05, 0.1) is 29.0 Å². The molecule has 2 heterocycles. The number of aromatic nitrogens is 1. The Morgan fingerprint density at radius 3 is 2.83 bits per heavy atom. The second kappa shape index (κ2) is 6.12. The van der Waals surface area contributed by atoms with Crippen molar-refractivity contribution in [3.63, 3.8) is 0 Å². The van der Waals surface area contributed by atoms with E-state index in [0.29, 0.717) is 23.7 Å². The van der Waals surface area contributed by atoms with Gasteiger partial charge in [-0.25, -0.2) is 8.42 Å². The zero-order chi connectivity index (χ0) is 17.3. The molecule has 1 aromatic heterocycles. The maximum absolute atomic E-state index is 12.5. The molecule has 1 amide bonds. The number of benzene rings is 1. The number of sulfonamides is 1. The van der Waals surface area contributed by atoms with E-state index in [1.54, 1.807) is 24.4 Å². The highest BCUT2D eigenvalue weighted by Crippen LogP contribution is 2.35. The van der Waals surface area contributed by atoms with Gasteiger partial charge in [-0.15, -0.1) is 0 Å². The van der Waals surface area contributed by atoms with Gasteiger partial charge in [0.2, 0.25) is 5.91 Å². The van der Waals surface area contributed by atoms with Crippen LogP contribution in [0.15, 0.2) is 47.6 Å². The van der Waals surface area contributed by atoms with E-state index < -0.39 is 10.0 Å². The average molecular weight is 347 g/mol. The van der Waals surface area contributed by atoms with Crippen LogP contribution in [0.1, 0.15) is 13.8 Å². The van der Waals surface area contributed by atoms with Gasteiger partial charge >= 0.3 is 0 Å². The predicted octanol–water partition coefficient (Wildman–Crippen LogP) is 2.02. The molecule has 0 radical (unpaired) electrons. The summed E-state index contributed by atoms with van der Waals surface area (Å²) in [7, 11) is -3.79. The molecule has 126 valence electrons. The second-order valence-electron chi connectivity index (χ2n) is 5.53. The van der Waals surface area contributed by atoms with Gasteiger partial charge in [0.15, 0.2) is 0 Å². The number of amides is 1. The second-order valence-corrected chi connectivity index (χ2v) is 7.22. The van der Waals surface area contributed by atoms with Crippen molar-refractivity contribution in [3.05, 3.63) is 42.7 Å². The lowest BCUT2D eigenvalue weighted by Gasteiger charge is -2.33. The summed E-state index contributed by atoms with van der Waals surface area (Å²) in [5, 5.41) is 0. The molecule has 0 saturated carbocycles. The molecule has 0 bridgehead atoms. The number of carbonyl (C=O) groups excluding carboxylic acids is 1. The first-order valence-corrected chi connectivity index (χ1v) is 8.87. The van der Waals surface area contributed by atoms with E-state index in [-0.39, 0.29) is 16.9 Å². The fourth-order valence-corrected chi connectivity index (χ4v) is 3.58. The van der Waals surface area contributed by atoms with Crippen LogP contribution < -0.4 is 14.4 Å². The van der Waals surface area contributed by atoms with Crippen LogP contribution in [-0.4, -0.2) is 32.0 Å². The first kappa shape index (κ1) is 16.3. The summed E-state index contributed by atoms with van der Waals surface area (Å²) >= 11 is 0. The van der Waals surface area contributed by atoms with Gasteiger partial charge < -0.3 is 9.64 Å². The molecule has 24 heavy (non-hydrogen) atoms. The molecule has 1 N–H and O–H groups in total. The molecule has 3 rings (SSSR count). The number of pyridine rings is 1. The minimum Gasteiger partial charge on any atom is -0.487 e. The van der Waals surface area contributed by atoms with Crippen molar-refractivity contribution in [1.82, 2.24) is 4.98 Å². The molecule has 0 saturated heterocycles. The molecule has 1 aliphatic rings. The topological polar surface area (TPSA) is 88.6 Å². The van der Waals surface area contributed by atoms with Gasteiger partial charge in [-0.2, -0.15) is 0 Å². The van der Waals surface area contributed by atoms with Crippen molar-refractivity contribution >= 4 is 27.3 Å². The third-order valence-corrected chi connectivity index (χ3v) is 4.97. The number of rotatable bonds is 3. The minimum atomic E-state index is -3.79. The van der Waals surface area contributed by atoms with Gasteiger partial charge in [0.1, 0.15) is 11.9 Å². The lowest BCUT2D eigenvalue weighted by molar-refractivity contribution is -0.117. The molecular weight excluding hydrogens is 330 g/mol. The van der Waals surface area contributed by atoms with Crippen LogP contribution in [0.3, 0.4) is 0 Å². The largest absolute Gasteiger partial charge is 0.487 e. The Morgan fingerprint density at radius 1 is 1.38 bits per heavy atom. The maximum Gasteiger partial charge on any atom is 0.262 e. The third kappa shape index (κ3) is 3.18. The third-order valence-electron chi connectivity index (χ3n) is 3.59. The molecular formula is C16H17N3O4S. The van der Waals surface area contributed by atoms with Crippen LogP contribution in [0.4, 0.5) is 11.4 Å². The van der Waals surface area contributed by atoms with Crippen molar-refractivity contribution in [3.8, 4) is 5.75 Å². The SMILES string of the molecule is CC(=O)N1CC(C)Oc2ccc(S(=O)(=O)Nc3cccnc3)cc21. The molecule has 7 nitrogen and oxygen atoms in total. The highest BCUT2D eigenvalue weighted by molar-refractivity contribution is 7.92. The van der Waals surface area contributed by atoms with Crippen LogP contribution >= 0.6 is 0 Å². The Bertz CT molecular complexity index is 868. The van der Waals surface area contributed by atoms with Crippen molar-refractivity contribution < 1.29 is 17.9 Å². The fraction of sp³-hybridized carbons (Fsp3) is 0.250. The number of hydrogen-bond donors (Lipinski definition) is 1. The van der Waals surface area contributed by atoms with Crippen LogP contribution in [0, 0.1) is 0 Å². The van der Waals surface area contributed by atoms with Crippen molar-refractivity contribution in [2.24, 2.45) is 0 Å². The lowest BCUT2D eigenvalue weighted by atomic mass is 10.2. The van der Waals surface area contributed by atoms with E-state index in [1.807, 2.05) is 6.92 Å². The van der Waals surface area contributed by atoms with Crippen molar-refractivity contribution in [2.45, 2.75) is 24.8 Å². The lowest BCUT2D eigenvalue weighted by Crippen LogP contribution is -2.41. The number of ether oxygens (including phenoxy) is 1. The number of fused-ring (bicyclic) bond motifs is 1. The van der Waals surface area contributed by atoms with E-state index in [4.69, 9.17) is 4.74 Å². The van der Waals surface area contributed by atoms with Gasteiger partial charge in [-0.1, -0.05) is 0 Å². The molecule has 8 heteroatoms. The standard InChI is InChI=1S/C16H17N3O4S/c1-11-10-19(12(2)20)15-8-14(5-6-16(15)23-11)24(21,22)18-13-4-3-7-17-9-13/h3-9,11,18H,10H2,1-2H3. The van der Waals surface area contributed by atoms with Crippen molar-refractivity contribution in [1.29, 1.82) is 0 Å². The smallest absolute Gasteiger partial charge is 0.262 e. The maximum atomic E-state index is 12.5. The summed E-state index contributed by atoms with van der Waals surface area (Å²) in [4.78, 5) is 17.3. The van der Waals surface area contributed by atoms with Crippen LogP contribution in [0.2, 0.25) is 0 Å². The van der Waals surface area contributed by atoms with E-state index in [1.165, 1.54) is 30.2 Å². The number of nitrogens with zero attached hydrogens (tertiary/aromatic N) is 2. The first-order valence-electron chi connectivity index (χ1n) is 7.38. The van der Waals surface area contributed by atoms with Crippen LogP contribution in [0.25, 0.3) is 0 Å². The Labute approximate surface area is 140 Å². The first-order chi connectivity index (χ1) is 11.4. The van der Waals surface area contributed by atoms with E-state index in [9.17, 15) is 13.2 Å². The summed E-state index contributed by atoms with van der Waals surface area (Å²) in [6.07, 6.45) is 2.82. The number of anilines is 2. The van der Waals surface area contributed by atoms with Gasteiger partial charge in [-0.3, -0.25) is 14.5 Å². The zero-order valence-corrected chi connectivity index (χ0v) is 14.1. The number of carbonyl (C=O) groups is 1. The van der Waals surface area contributed by atoms with E-state index >= 15 is 0 Å². The van der Waals surface area contributed by atoms with E-state index in [0.717, 1.165) is 0 Å². The summed E-state index contributed by atoms with van der Waals surface area (Å²) in [5.41, 5.74) is 0.818. The summed E-state index contributed by atoms with van der Waals surface area (Å²) in [5.74, 6) is 0.324. The zero-order valence-electron chi connectivity index (χ0n) is 13.3. The molecule has 0 spiro atoms. The normalized spacial score (nSPS) is 16.9. The molecule has 2 aromatic rings. The molecule has 1 atom stereocenters. The van der Waals surface area contributed by atoms with E-state index in [2.05, 4.69) is 9.71 Å². The quantitative estimate of drug-likeness (QED) is 0.917. The van der Waals surface area contributed by atoms with Crippen LogP contribution in [0.5, 0.6) is 5.75 Å². The average Bonchev–Trinajstić information content (AvgIpc) is 2.54. The monoisotopic (exact) mass is 347 g/mol. The van der Waals surface area contributed by atoms with Gasteiger partial charge in [0.25, 0.3) is 10.0 Å². The summed E-state index contributed by atoms with van der Waals surface area (Å²) < 4.78 is 33.2. The summed E-state index contributed by atoms with van der Waals surface area (Å²) in [6, 6.07) is 7.71. The van der Waals surface area contributed by atoms with Crippen LogP contribution in [-0.2, 0) is 14.8 Å².